The third kappa shape index (κ3) is 6.11. The topological polar surface area (TPSA) is 0 Å². The van der Waals surface area contributed by atoms with Crippen LogP contribution in [0.4, 0.5) is 0 Å². The van der Waals surface area contributed by atoms with Crippen LogP contribution in [0.3, 0.4) is 0 Å². The van der Waals surface area contributed by atoms with Crippen molar-refractivity contribution in [2.24, 2.45) is 0 Å². The standard InChI is InChI=1S/2C18H19Si.C7H14.2CH3.Hf/c2*1-19(2,3)16-12-10-15(11-13-16)18-9-5-7-14-6-4-8-17(14)18;1-3-5-7-6-4-2;;;/h2*4-13H,1-3H3;3-6H2,1-2H3;2*1H3;. The predicted molar refractivity (Wildman–Crippen MR) is 220 cm³/mol. The van der Waals surface area contributed by atoms with E-state index in [4.69, 9.17) is 0 Å². The SMILES string of the molecule is CCC[C](CCC)=[Hf]([CH3])([CH3])([CH]1C=Cc2c(-c3ccc([Si](C)(C)C)cc3)cccc21)[CH]1C=Cc2c(-c3ccc([Si](C)(C)C)cc3)cccc21. The summed E-state index contributed by atoms with van der Waals surface area (Å²) in [6, 6.07) is 33.5. The summed E-state index contributed by atoms with van der Waals surface area (Å²) in [7, 11) is -2.69. The first-order valence-electron chi connectivity index (χ1n) is 18.6. The molecule has 0 saturated carbocycles. The molecule has 0 bridgehead atoms. The second kappa shape index (κ2) is 13.0. The molecule has 0 fully saturated rings. The molecule has 0 spiro atoms. The summed E-state index contributed by atoms with van der Waals surface area (Å²) in [5.74, 6) is 0. The number of hydrogen-bond donors (Lipinski definition) is 0. The molecule has 0 N–H and O–H groups in total. The van der Waals surface area contributed by atoms with E-state index in [1.54, 1.807) is 11.1 Å². The molecule has 2 aliphatic rings. The van der Waals surface area contributed by atoms with Crippen molar-refractivity contribution in [3.05, 3.63) is 119 Å². The third-order valence-electron chi connectivity index (χ3n) is 12.1. The Kier molecular flexibility index (Phi) is 9.59. The molecule has 4 aromatic rings. The maximum atomic E-state index is 2.84. The van der Waals surface area contributed by atoms with E-state index in [-0.39, 0.29) is 0 Å². The molecule has 0 aliphatic heterocycles. The summed E-state index contributed by atoms with van der Waals surface area (Å²) >= 11 is -4.07. The van der Waals surface area contributed by atoms with E-state index in [2.05, 4.69) is 172 Å². The van der Waals surface area contributed by atoms with Gasteiger partial charge in [-0.05, 0) is 0 Å². The van der Waals surface area contributed by atoms with Gasteiger partial charge < -0.3 is 0 Å². The Morgan fingerprint density at radius 2 is 0.917 bits per heavy atom. The molecule has 0 aromatic heterocycles. The Morgan fingerprint density at radius 3 is 1.25 bits per heavy atom. The molecule has 3 heteroatoms. The number of allylic oxidation sites excluding steroid dienone is 2. The molecule has 0 nitrogen and oxygen atoms in total. The third-order valence-corrected chi connectivity index (χ3v) is 43.4. The first kappa shape index (κ1) is 35.4. The van der Waals surface area contributed by atoms with Gasteiger partial charge in [0.1, 0.15) is 0 Å². The molecule has 48 heavy (non-hydrogen) atoms. The average Bonchev–Trinajstić information content (AvgIpc) is 3.70. The molecule has 4 aromatic carbocycles. The van der Waals surface area contributed by atoms with E-state index in [0.29, 0.717) is 7.35 Å². The van der Waals surface area contributed by atoms with Gasteiger partial charge in [-0.1, -0.05) is 0 Å². The summed E-state index contributed by atoms with van der Waals surface area (Å²) in [6.07, 6.45) is 15.3. The molecule has 0 saturated heterocycles. The minimum atomic E-state index is -4.07. The van der Waals surface area contributed by atoms with E-state index >= 15 is 0 Å². The summed E-state index contributed by atoms with van der Waals surface area (Å²) in [5, 5.41) is 3.06. The predicted octanol–water partition coefficient (Wildman–Crippen LogP) is 12.5. The number of rotatable bonds is 10. The Balaban J connectivity index is 1.51. The van der Waals surface area contributed by atoms with Crippen molar-refractivity contribution in [3.63, 3.8) is 0 Å². The molecule has 0 amide bonds. The Hall–Kier alpha value is -2.47. The van der Waals surface area contributed by atoms with Crippen LogP contribution in [0.25, 0.3) is 34.4 Å². The second-order valence-electron chi connectivity index (χ2n) is 17.7. The van der Waals surface area contributed by atoms with E-state index in [1.165, 1.54) is 69.4 Å². The molecule has 250 valence electrons. The fourth-order valence-corrected chi connectivity index (χ4v) is 37.2. The summed E-state index contributed by atoms with van der Waals surface area (Å²) in [6.45, 7) is 19.4. The molecule has 2 unspecified atom stereocenters. The molecular formula is C45H58HfSi2. The van der Waals surface area contributed by atoms with Gasteiger partial charge in [0, 0.05) is 0 Å². The van der Waals surface area contributed by atoms with Gasteiger partial charge in [-0.25, -0.2) is 0 Å². The quantitative estimate of drug-likeness (QED) is 0.140. The first-order valence-corrected chi connectivity index (χ1v) is 38.7. The van der Waals surface area contributed by atoms with Crippen LogP contribution in [0.15, 0.2) is 97.1 Å². The molecule has 2 aliphatic carbocycles. The van der Waals surface area contributed by atoms with Crippen molar-refractivity contribution in [1.29, 1.82) is 0 Å². The molecule has 6 rings (SSSR count). The monoisotopic (exact) mass is 834 g/mol. The molecule has 2 atom stereocenters. The van der Waals surface area contributed by atoms with Crippen LogP contribution in [-0.2, 0) is 18.0 Å². The number of hydrogen-bond acceptors (Lipinski definition) is 0. The average molecular weight is 834 g/mol. The minimum absolute atomic E-state index is 0.492. The van der Waals surface area contributed by atoms with E-state index in [0.717, 1.165) is 0 Å². The normalized spacial score (nSPS) is 17.5. The van der Waals surface area contributed by atoms with Crippen LogP contribution in [0.2, 0.25) is 48.6 Å². The Labute approximate surface area is 295 Å². The van der Waals surface area contributed by atoms with Crippen molar-refractivity contribution in [1.82, 2.24) is 0 Å². The van der Waals surface area contributed by atoms with Crippen molar-refractivity contribution in [3.8, 4) is 22.3 Å². The van der Waals surface area contributed by atoms with Crippen molar-refractivity contribution < 1.29 is 18.0 Å². The number of fused-ring (bicyclic) bond motifs is 2. The molecular weight excluding hydrogens is 775 g/mol. The van der Waals surface area contributed by atoms with Gasteiger partial charge in [0.15, 0.2) is 0 Å². The van der Waals surface area contributed by atoms with Gasteiger partial charge >= 0.3 is 297 Å². The number of benzene rings is 4. The van der Waals surface area contributed by atoms with Crippen molar-refractivity contribution >= 4 is 41.9 Å². The zero-order valence-electron chi connectivity index (χ0n) is 31.4. The van der Waals surface area contributed by atoms with Crippen LogP contribution in [0, 0.1) is 0 Å². The summed E-state index contributed by atoms with van der Waals surface area (Å²) in [5.41, 5.74) is 11.6. The second-order valence-corrected chi connectivity index (χ2v) is 53.6. The van der Waals surface area contributed by atoms with Gasteiger partial charge in [-0.2, -0.15) is 0 Å². The van der Waals surface area contributed by atoms with Gasteiger partial charge in [-0.15, -0.1) is 0 Å². The van der Waals surface area contributed by atoms with Gasteiger partial charge in [0.05, 0.1) is 0 Å². The van der Waals surface area contributed by atoms with E-state index < -0.39 is 34.2 Å². The van der Waals surface area contributed by atoms with Crippen LogP contribution < -0.4 is 10.4 Å². The maximum absolute atomic E-state index is 4.07. The Morgan fingerprint density at radius 1 is 0.542 bits per heavy atom. The fourth-order valence-electron chi connectivity index (χ4n) is 9.18. The van der Waals surface area contributed by atoms with E-state index in [1.807, 2.05) is 3.26 Å². The Bertz CT molecular complexity index is 1810. The first-order chi connectivity index (χ1) is 22.7. The van der Waals surface area contributed by atoms with Crippen molar-refractivity contribution in [2.45, 2.75) is 95.5 Å². The molecule has 0 heterocycles. The van der Waals surface area contributed by atoms with Crippen molar-refractivity contribution in [2.75, 3.05) is 0 Å². The zero-order chi connectivity index (χ0) is 34.5. The van der Waals surface area contributed by atoms with E-state index in [9.17, 15) is 0 Å². The zero-order valence-corrected chi connectivity index (χ0v) is 37.0. The molecule has 0 radical (unpaired) electrons. The van der Waals surface area contributed by atoms with Crippen LogP contribution in [0.5, 0.6) is 0 Å². The van der Waals surface area contributed by atoms with Gasteiger partial charge in [0.2, 0.25) is 0 Å². The van der Waals surface area contributed by atoms with Crippen LogP contribution in [0.1, 0.15) is 69.1 Å². The van der Waals surface area contributed by atoms with Gasteiger partial charge in [-0.3, -0.25) is 0 Å². The summed E-state index contributed by atoms with van der Waals surface area (Å²) in [4.78, 5) is 0. The van der Waals surface area contributed by atoms with Gasteiger partial charge in [0.25, 0.3) is 0 Å². The van der Waals surface area contributed by atoms with Crippen LogP contribution >= 0.6 is 0 Å². The summed E-state index contributed by atoms with van der Waals surface area (Å²) < 4.78 is 8.60. The fraction of sp³-hybridized carbons (Fsp3) is 0.356. The van der Waals surface area contributed by atoms with Crippen LogP contribution in [-0.4, -0.2) is 19.4 Å².